The molecule has 3 nitrogen and oxygen atoms in total. The van der Waals surface area contributed by atoms with Crippen LogP contribution in [0.4, 0.5) is 0 Å². The van der Waals surface area contributed by atoms with E-state index in [0.717, 1.165) is 5.56 Å². The number of hydrogen-bond acceptors (Lipinski definition) is 4. The lowest BCUT2D eigenvalue weighted by Crippen LogP contribution is -1.97. The van der Waals surface area contributed by atoms with Gasteiger partial charge in [-0.25, -0.2) is 4.98 Å². The first-order chi connectivity index (χ1) is 8.81. The fourth-order valence-electron chi connectivity index (χ4n) is 1.44. The Labute approximate surface area is 110 Å². The Bertz CT molecular complexity index is 561. The number of pyridine rings is 1. The zero-order chi connectivity index (χ0) is 12.8. The third-order valence-electron chi connectivity index (χ3n) is 2.38. The lowest BCUT2D eigenvalue weighted by atomic mass is 10.2. The molecule has 0 saturated carbocycles. The van der Waals surface area contributed by atoms with Crippen molar-refractivity contribution in [2.45, 2.75) is 11.5 Å². The van der Waals surface area contributed by atoms with E-state index in [1.807, 2.05) is 24.5 Å². The molecule has 0 amide bonds. The van der Waals surface area contributed by atoms with Crippen molar-refractivity contribution >= 4 is 11.8 Å². The number of benzene rings is 1. The van der Waals surface area contributed by atoms with Crippen LogP contribution < -0.4 is 4.74 Å². The number of thioether (sulfide) groups is 1. The highest BCUT2D eigenvalue weighted by molar-refractivity contribution is 7.98. The van der Waals surface area contributed by atoms with Crippen LogP contribution in [0.5, 0.6) is 5.88 Å². The number of aromatic nitrogens is 1. The van der Waals surface area contributed by atoms with E-state index in [1.54, 1.807) is 30.0 Å². The Balaban J connectivity index is 2.00. The zero-order valence-corrected chi connectivity index (χ0v) is 10.8. The van der Waals surface area contributed by atoms with Crippen LogP contribution in [0.25, 0.3) is 0 Å². The van der Waals surface area contributed by atoms with Crippen LogP contribution in [0.2, 0.25) is 0 Å². The van der Waals surface area contributed by atoms with Crippen molar-refractivity contribution in [3.05, 3.63) is 53.7 Å². The van der Waals surface area contributed by atoms with Crippen LogP contribution in [0, 0.1) is 11.3 Å². The summed E-state index contributed by atoms with van der Waals surface area (Å²) in [5, 5.41) is 8.73. The largest absolute Gasteiger partial charge is 0.473 e. The van der Waals surface area contributed by atoms with Gasteiger partial charge in [0.25, 0.3) is 0 Å². The molecule has 18 heavy (non-hydrogen) atoms. The molecule has 0 unspecified atom stereocenters. The fourth-order valence-corrected chi connectivity index (χ4v) is 1.84. The molecule has 0 fully saturated rings. The van der Waals surface area contributed by atoms with Crippen LogP contribution in [0.3, 0.4) is 0 Å². The Morgan fingerprint density at radius 2 is 2.00 bits per heavy atom. The molecule has 0 bridgehead atoms. The quantitative estimate of drug-likeness (QED) is 0.788. The van der Waals surface area contributed by atoms with Crippen LogP contribution >= 0.6 is 11.8 Å². The normalized spacial score (nSPS) is 9.78. The molecule has 0 saturated heterocycles. The first-order valence-corrected chi connectivity index (χ1v) is 6.67. The van der Waals surface area contributed by atoms with Gasteiger partial charge in [0.05, 0.1) is 0 Å². The summed E-state index contributed by atoms with van der Waals surface area (Å²) < 4.78 is 5.54. The molecular weight excluding hydrogens is 244 g/mol. The molecular formula is C14H12N2OS. The molecule has 1 aromatic heterocycles. The summed E-state index contributed by atoms with van der Waals surface area (Å²) in [5.74, 6) is 0.475. The van der Waals surface area contributed by atoms with Gasteiger partial charge in [0, 0.05) is 11.0 Å². The summed E-state index contributed by atoms with van der Waals surface area (Å²) in [7, 11) is 0. The van der Waals surface area contributed by atoms with Gasteiger partial charge < -0.3 is 4.74 Å². The van der Waals surface area contributed by atoms with E-state index in [2.05, 4.69) is 17.1 Å². The predicted octanol–water partition coefficient (Wildman–Crippen LogP) is 3.25. The van der Waals surface area contributed by atoms with Gasteiger partial charge >= 0.3 is 0 Å². The highest BCUT2D eigenvalue weighted by Gasteiger charge is 1.99. The Kier molecular flexibility index (Phi) is 4.21. The maximum atomic E-state index is 8.73. The second-order valence-corrected chi connectivity index (χ2v) is 4.49. The van der Waals surface area contributed by atoms with E-state index in [0.29, 0.717) is 18.2 Å². The standard InChI is InChI=1S/C14H12N2OS/c1-18-13-7-5-11(6-8-13)10-17-14-4-2-3-12(9-15)16-14/h2-8H,10H2,1H3. The molecule has 0 aliphatic carbocycles. The summed E-state index contributed by atoms with van der Waals surface area (Å²) in [4.78, 5) is 5.28. The van der Waals surface area contributed by atoms with Gasteiger partial charge in [0.1, 0.15) is 18.4 Å². The molecule has 0 N–H and O–H groups in total. The molecule has 0 spiro atoms. The van der Waals surface area contributed by atoms with Gasteiger partial charge in [0.2, 0.25) is 5.88 Å². The summed E-state index contributed by atoms with van der Waals surface area (Å²) >= 11 is 1.71. The van der Waals surface area contributed by atoms with Crippen molar-refractivity contribution in [1.29, 1.82) is 5.26 Å². The van der Waals surface area contributed by atoms with E-state index in [1.165, 1.54) is 4.90 Å². The first kappa shape index (κ1) is 12.5. The number of nitriles is 1. The minimum absolute atomic E-state index is 0.366. The van der Waals surface area contributed by atoms with Gasteiger partial charge in [-0.2, -0.15) is 5.26 Å². The number of ether oxygens (including phenoxy) is 1. The van der Waals surface area contributed by atoms with Gasteiger partial charge in [-0.3, -0.25) is 0 Å². The summed E-state index contributed by atoms with van der Waals surface area (Å²) in [6.45, 7) is 0.455. The predicted molar refractivity (Wildman–Crippen MR) is 71.5 cm³/mol. The van der Waals surface area contributed by atoms with Crippen molar-refractivity contribution < 1.29 is 4.74 Å². The van der Waals surface area contributed by atoms with E-state index in [9.17, 15) is 0 Å². The van der Waals surface area contributed by atoms with Gasteiger partial charge in [-0.1, -0.05) is 18.2 Å². The van der Waals surface area contributed by atoms with Crippen LogP contribution in [-0.2, 0) is 6.61 Å². The molecule has 1 aromatic carbocycles. The van der Waals surface area contributed by atoms with E-state index < -0.39 is 0 Å². The minimum Gasteiger partial charge on any atom is -0.473 e. The minimum atomic E-state index is 0.366. The van der Waals surface area contributed by atoms with Gasteiger partial charge in [0.15, 0.2) is 0 Å². The topological polar surface area (TPSA) is 45.9 Å². The molecule has 2 aromatic rings. The van der Waals surface area contributed by atoms with E-state index >= 15 is 0 Å². The Morgan fingerprint density at radius 3 is 2.67 bits per heavy atom. The zero-order valence-electron chi connectivity index (χ0n) is 9.96. The second kappa shape index (κ2) is 6.08. The number of rotatable bonds is 4. The molecule has 0 radical (unpaired) electrons. The fraction of sp³-hybridized carbons (Fsp3) is 0.143. The molecule has 0 aliphatic heterocycles. The summed E-state index contributed by atoms with van der Waals surface area (Å²) in [5.41, 5.74) is 1.45. The monoisotopic (exact) mass is 256 g/mol. The van der Waals surface area contributed by atoms with E-state index in [-0.39, 0.29) is 0 Å². The Hall–Kier alpha value is -1.99. The van der Waals surface area contributed by atoms with Crippen LogP contribution in [0.1, 0.15) is 11.3 Å². The highest BCUT2D eigenvalue weighted by Crippen LogP contribution is 2.16. The summed E-state index contributed by atoms with van der Waals surface area (Å²) in [6.07, 6.45) is 2.04. The third kappa shape index (κ3) is 3.25. The number of nitrogens with zero attached hydrogens (tertiary/aromatic N) is 2. The van der Waals surface area contributed by atoms with Crippen LogP contribution in [0.15, 0.2) is 47.4 Å². The maximum Gasteiger partial charge on any atom is 0.214 e. The highest BCUT2D eigenvalue weighted by atomic mass is 32.2. The second-order valence-electron chi connectivity index (χ2n) is 3.61. The molecule has 4 heteroatoms. The molecule has 2 rings (SSSR count). The van der Waals surface area contributed by atoms with Gasteiger partial charge in [-0.05, 0) is 30.0 Å². The molecule has 90 valence electrons. The average molecular weight is 256 g/mol. The Morgan fingerprint density at radius 1 is 1.22 bits per heavy atom. The molecule has 1 heterocycles. The lowest BCUT2D eigenvalue weighted by Gasteiger charge is -2.05. The first-order valence-electron chi connectivity index (χ1n) is 5.44. The molecule has 0 atom stereocenters. The SMILES string of the molecule is CSc1ccc(COc2cccc(C#N)n2)cc1. The third-order valence-corrected chi connectivity index (χ3v) is 3.13. The van der Waals surface area contributed by atoms with Crippen molar-refractivity contribution in [2.24, 2.45) is 0 Å². The average Bonchev–Trinajstić information content (AvgIpc) is 2.46. The van der Waals surface area contributed by atoms with Crippen molar-refractivity contribution in [2.75, 3.05) is 6.26 Å². The van der Waals surface area contributed by atoms with E-state index in [4.69, 9.17) is 10.00 Å². The lowest BCUT2D eigenvalue weighted by molar-refractivity contribution is 0.293. The number of hydrogen-bond donors (Lipinski definition) is 0. The summed E-state index contributed by atoms with van der Waals surface area (Å²) in [6, 6.07) is 15.3. The van der Waals surface area contributed by atoms with Gasteiger partial charge in [-0.15, -0.1) is 11.8 Å². The molecule has 0 aliphatic rings. The van der Waals surface area contributed by atoms with Crippen molar-refractivity contribution in [1.82, 2.24) is 4.98 Å². The maximum absolute atomic E-state index is 8.73. The smallest absolute Gasteiger partial charge is 0.214 e. The van der Waals surface area contributed by atoms with Crippen LogP contribution in [-0.4, -0.2) is 11.2 Å². The van der Waals surface area contributed by atoms with Crippen molar-refractivity contribution in [3.63, 3.8) is 0 Å². The van der Waals surface area contributed by atoms with Crippen molar-refractivity contribution in [3.8, 4) is 11.9 Å².